The van der Waals surface area contributed by atoms with Crippen molar-refractivity contribution in [2.75, 3.05) is 26.2 Å². The van der Waals surface area contributed by atoms with Crippen LogP contribution in [0.25, 0.3) is 0 Å². The fraction of sp³-hybridized carbons (Fsp3) is 0.375. The molecule has 8 heteroatoms. The zero-order valence-electron chi connectivity index (χ0n) is 13.5. The van der Waals surface area contributed by atoms with Crippen LogP contribution in [0.5, 0.6) is 0 Å². The van der Waals surface area contributed by atoms with Crippen molar-refractivity contribution < 1.29 is 13.2 Å². The summed E-state index contributed by atoms with van der Waals surface area (Å²) in [6.45, 7) is 3.37. The largest absolute Gasteiger partial charge is 0.338 e. The summed E-state index contributed by atoms with van der Waals surface area (Å²) >= 11 is 0. The van der Waals surface area contributed by atoms with Crippen LogP contribution in [0, 0.1) is 6.92 Å². The van der Waals surface area contributed by atoms with E-state index in [0.29, 0.717) is 37.6 Å². The maximum atomic E-state index is 12.7. The molecule has 0 aliphatic carbocycles. The molecule has 1 fully saturated rings. The van der Waals surface area contributed by atoms with Gasteiger partial charge in [0.2, 0.25) is 10.0 Å². The lowest BCUT2D eigenvalue weighted by Crippen LogP contribution is -2.37. The number of H-pyrrole nitrogens is 1. The van der Waals surface area contributed by atoms with E-state index in [9.17, 15) is 13.2 Å². The van der Waals surface area contributed by atoms with Gasteiger partial charge in [-0.25, -0.2) is 13.4 Å². The van der Waals surface area contributed by atoms with Gasteiger partial charge in [-0.05, 0) is 25.5 Å². The highest BCUT2D eigenvalue weighted by molar-refractivity contribution is 7.89. The lowest BCUT2D eigenvalue weighted by molar-refractivity contribution is 0.0759. The fourth-order valence-electron chi connectivity index (χ4n) is 2.78. The molecular weight excluding hydrogens is 328 g/mol. The van der Waals surface area contributed by atoms with Gasteiger partial charge in [0.15, 0.2) is 0 Å². The van der Waals surface area contributed by atoms with E-state index in [4.69, 9.17) is 0 Å². The van der Waals surface area contributed by atoms with Crippen LogP contribution in [0.1, 0.15) is 22.7 Å². The SMILES string of the molecule is Cc1ncc(C(=O)N2CCCN(S(=O)(=O)c3ccccc3)CC2)[nH]1. The van der Waals surface area contributed by atoms with Gasteiger partial charge in [-0.1, -0.05) is 18.2 Å². The summed E-state index contributed by atoms with van der Waals surface area (Å²) in [4.78, 5) is 21.4. The molecule has 0 atom stereocenters. The molecule has 1 saturated heterocycles. The topological polar surface area (TPSA) is 86.4 Å². The smallest absolute Gasteiger partial charge is 0.271 e. The monoisotopic (exact) mass is 348 g/mol. The summed E-state index contributed by atoms with van der Waals surface area (Å²) in [7, 11) is -3.52. The Balaban J connectivity index is 1.72. The Bertz CT molecular complexity index is 817. The van der Waals surface area contributed by atoms with Crippen LogP contribution in [0.4, 0.5) is 0 Å². The van der Waals surface area contributed by atoms with Gasteiger partial charge in [-0.15, -0.1) is 0 Å². The molecule has 2 aromatic rings. The Labute approximate surface area is 141 Å². The van der Waals surface area contributed by atoms with E-state index >= 15 is 0 Å². The van der Waals surface area contributed by atoms with E-state index in [-0.39, 0.29) is 17.3 Å². The highest BCUT2D eigenvalue weighted by Gasteiger charge is 2.28. The maximum Gasteiger partial charge on any atom is 0.271 e. The van der Waals surface area contributed by atoms with E-state index in [1.54, 1.807) is 42.2 Å². The molecule has 1 N–H and O–H groups in total. The van der Waals surface area contributed by atoms with Crippen molar-refractivity contribution in [3.8, 4) is 0 Å². The molecule has 0 unspecified atom stereocenters. The third-order valence-corrected chi connectivity index (χ3v) is 5.97. The predicted octanol–water partition coefficient (Wildman–Crippen LogP) is 1.25. The maximum absolute atomic E-state index is 12.7. The van der Waals surface area contributed by atoms with Crippen molar-refractivity contribution in [1.29, 1.82) is 0 Å². The second-order valence-electron chi connectivity index (χ2n) is 5.75. The molecule has 0 spiro atoms. The summed E-state index contributed by atoms with van der Waals surface area (Å²) in [6, 6.07) is 8.39. The van der Waals surface area contributed by atoms with Gasteiger partial charge in [0, 0.05) is 26.2 Å². The number of benzene rings is 1. The molecule has 0 radical (unpaired) electrons. The summed E-state index contributed by atoms with van der Waals surface area (Å²) in [5, 5.41) is 0. The number of carbonyl (C=O) groups is 1. The fourth-order valence-corrected chi connectivity index (χ4v) is 4.27. The number of rotatable bonds is 3. The van der Waals surface area contributed by atoms with Gasteiger partial charge < -0.3 is 9.88 Å². The van der Waals surface area contributed by atoms with Crippen molar-refractivity contribution in [3.63, 3.8) is 0 Å². The van der Waals surface area contributed by atoms with Crippen LogP contribution in [0.3, 0.4) is 0 Å². The Kier molecular flexibility index (Phi) is 4.68. The van der Waals surface area contributed by atoms with Gasteiger partial charge in [0.05, 0.1) is 11.1 Å². The van der Waals surface area contributed by atoms with Crippen molar-refractivity contribution in [3.05, 3.63) is 48.0 Å². The number of hydrogen-bond acceptors (Lipinski definition) is 4. The summed E-state index contributed by atoms with van der Waals surface area (Å²) in [5.74, 6) is 0.538. The van der Waals surface area contributed by atoms with E-state index in [1.165, 1.54) is 10.5 Å². The first-order chi connectivity index (χ1) is 11.5. The van der Waals surface area contributed by atoms with Gasteiger partial charge >= 0.3 is 0 Å². The minimum absolute atomic E-state index is 0.144. The van der Waals surface area contributed by atoms with Crippen LogP contribution in [-0.2, 0) is 10.0 Å². The molecule has 0 bridgehead atoms. The van der Waals surface area contributed by atoms with Crippen molar-refractivity contribution >= 4 is 15.9 Å². The summed E-state index contributed by atoms with van der Waals surface area (Å²) < 4.78 is 26.8. The average Bonchev–Trinajstić information content (AvgIpc) is 2.86. The van der Waals surface area contributed by atoms with Crippen LogP contribution in [0.2, 0.25) is 0 Å². The summed E-state index contributed by atoms with van der Waals surface area (Å²) in [6.07, 6.45) is 2.12. The average molecular weight is 348 g/mol. The van der Waals surface area contributed by atoms with E-state index < -0.39 is 10.0 Å². The number of hydrogen-bond donors (Lipinski definition) is 1. The van der Waals surface area contributed by atoms with E-state index in [0.717, 1.165) is 0 Å². The standard InChI is InChI=1S/C16H20N4O3S/c1-13-17-12-15(18-13)16(21)19-8-5-9-20(11-10-19)24(22,23)14-6-3-2-4-7-14/h2-4,6-7,12H,5,8-11H2,1H3,(H,17,18). The second-order valence-corrected chi connectivity index (χ2v) is 7.68. The Hall–Kier alpha value is -2.19. The number of nitrogens with one attached hydrogen (secondary N) is 1. The highest BCUT2D eigenvalue weighted by Crippen LogP contribution is 2.18. The molecular formula is C16H20N4O3S. The van der Waals surface area contributed by atoms with Gasteiger partial charge in [-0.2, -0.15) is 4.31 Å². The van der Waals surface area contributed by atoms with Crippen LogP contribution in [0.15, 0.2) is 41.4 Å². The number of imidazole rings is 1. The lowest BCUT2D eigenvalue weighted by Gasteiger charge is -2.21. The first kappa shape index (κ1) is 16.7. The first-order valence-corrected chi connectivity index (χ1v) is 9.28. The van der Waals surface area contributed by atoms with Crippen LogP contribution >= 0.6 is 0 Å². The lowest BCUT2D eigenvalue weighted by atomic mass is 10.3. The molecule has 1 aliphatic rings. The molecule has 2 heterocycles. The highest BCUT2D eigenvalue weighted by atomic mass is 32.2. The Morgan fingerprint density at radius 1 is 1.12 bits per heavy atom. The number of amides is 1. The molecule has 1 aromatic heterocycles. The van der Waals surface area contributed by atoms with Crippen LogP contribution in [-0.4, -0.2) is 59.7 Å². The Morgan fingerprint density at radius 3 is 2.54 bits per heavy atom. The number of nitrogens with zero attached hydrogens (tertiary/aromatic N) is 3. The molecule has 1 aromatic carbocycles. The summed E-state index contributed by atoms with van der Waals surface area (Å²) in [5.41, 5.74) is 0.437. The molecule has 0 saturated carbocycles. The van der Waals surface area contributed by atoms with Crippen molar-refractivity contribution in [2.45, 2.75) is 18.2 Å². The molecule has 1 aliphatic heterocycles. The van der Waals surface area contributed by atoms with Crippen molar-refractivity contribution in [1.82, 2.24) is 19.2 Å². The van der Waals surface area contributed by atoms with E-state index in [2.05, 4.69) is 9.97 Å². The minimum Gasteiger partial charge on any atom is -0.338 e. The van der Waals surface area contributed by atoms with Gasteiger partial charge in [0.1, 0.15) is 11.5 Å². The first-order valence-electron chi connectivity index (χ1n) is 7.84. The third kappa shape index (κ3) is 3.34. The predicted molar refractivity (Wildman–Crippen MR) is 89.0 cm³/mol. The molecule has 128 valence electrons. The number of carbonyl (C=O) groups excluding carboxylic acids is 1. The number of aromatic nitrogens is 2. The quantitative estimate of drug-likeness (QED) is 0.905. The van der Waals surface area contributed by atoms with E-state index in [1.807, 2.05) is 0 Å². The van der Waals surface area contributed by atoms with Gasteiger partial charge in [0.25, 0.3) is 5.91 Å². The number of aryl methyl sites for hydroxylation is 1. The molecule has 3 rings (SSSR count). The number of aromatic amines is 1. The number of sulfonamides is 1. The minimum atomic E-state index is -3.52. The zero-order valence-corrected chi connectivity index (χ0v) is 14.3. The normalized spacial score (nSPS) is 16.8. The molecule has 24 heavy (non-hydrogen) atoms. The molecule has 7 nitrogen and oxygen atoms in total. The van der Waals surface area contributed by atoms with Crippen molar-refractivity contribution in [2.24, 2.45) is 0 Å². The Morgan fingerprint density at radius 2 is 1.88 bits per heavy atom. The van der Waals surface area contributed by atoms with Gasteiger partial charge in [-0.3, -0.25) is 4.79 Å². The third-order valence-electron chi connectivity index (χ3n) is 4.06. The molecule has 1 amide bonds. The van der Waals surface area contributed by atoms with Crippen LogP contribution < -0.4 is 0 Å². The second kappa shape index (κ2) is 6.74. The zero-order chi connectivity index (χ0) is 17.2.